The van der Waals surface area contributed by atoms with Crippen molar-refractivity contribution >= 4 is 23.5 Å². The predicted molar refractivity (Wildman–Crippen MR) is 102 cm³/mol. The average Bonchev–Trinajstić information content (AvgIpc) is 3.12. The van der Waals surface area contributed by atoms with Crippen molar-refractivity contribution in [2.75, 3.05) is 18.7 Å². The highest BCUT2D eigenvalue weighted by atomic mass is 16.7. The summed E-state index contributed by atoms with van der Waals surface area (Å²) in [5.74, 6) is 1.18. The second kappa shape index (κ2) is 8.23. The van der Waals surface area contributed by atoms with E-state index in [9.17, 15) is 9.59 Å². The Morgan fingerprint density at radius 3 is 2.56 bits per heavy atom. The molecule has 0 aromatic heterocycles. The molecule has 0 fully saturated rings. The number of amides is 1. The molecule has 0 atom stereocenters. The average molecular weight is 365 g/mol. The van der Waals surface area contributed by atoms with E-state index in [2.05, 4.69) is 11.9 Å². The van der Waals surface area contributed by atoms with E-state index in [1.54, 1.807) is 24.3 Å². The van der Waals surface area contributed by atoms with Crippen LogP contribution in [-0.4, -0.2) is 25.1 Å². The van der Waals surface area contributed by atoms with Crippen molar-refractivity contribution < 1.29 is 23.8 Å². The summed E-state index contributed by atoms with van der Waals surface area (Å²) in [6, 6.07) is 10.5. The normalized spacial score (nSPS) is 12.0. The molecule has 27 heavy (non-hydrogen) atoms. The minimum atomic E-state index is -0.358. The topological polar surface area (TPSA) is 73.9 Å². The Morgan fingerprint density at radius 2 is 1.89 bits per heavy atom. The van der Waals surface area contributed by atoms with E-state index < -0.39 is 0 Å². The number of fused-ring (bicyclic) bond motifs is 1. The highest BCUT2D eigenvalue weighted by Gasteiger charge is 2.19. The maximum atomic E-state index is 12.3. The van der Waals surface area contributed by atoms with Gasteiger partial charge in [0.1, 0.15) is 12.4 Å². The first-order chi connectivity index (χ1) is 13.1. The molecule has 1 heterocycles. The number of Topliss-reactive ketones (excluding diaryl/α,β-unsaturated/α-hetero) is 1. The first-order valence-electron chi connectivity index (χ1n) is 8.34. The van der Waals surface area contributed by atoms with Gasteiger partial charge in [-0.05, 0) is 36.8 Å². The summed E-state index contributed by atoms with van der Waals surface area (Å²) in [6.07, 6.45) is 4.74. The second-order valence-electron chi connectivity index (χ2n) is 5.80. The van der Waals surface area contributed by atoms with E-state index in [0.29, 0.717) is 29.4 Å². The number of anilines is 1. The van der Waals surface area contributed by atoms with Crippen LogP contribution in [0, 0.1) is 0 Å². The Balaban J connectivity index is 1.69. The summed E-state index contributed by atoms with van der Waals surface area (Å²) >= 11 is 0. The van der Waals surface area contributed by atoms with Gasteiger partial charge < -0.3 is 19.5 Å². The largest absolute Gasteiger partial charge is 0.490 e. The molecule has 138 valence electrons. The van der Waals surface area contributed by atoms with Gasteiger partial charge in [0.05, 0.1) is 5.69 Å². The number of benzene rings is 2. The third-order valence-corrected chi connectivity index (χ3v) is 3.83. The van der Waals surface area contributed by atoms with Crippen molar-refractivity contribution in [3.8, 4) is 17.2 Å². The van der Waals surface area contributed by atoms with Crippen molar-refractivity contribution in [3.63, 3.8) is 0 Å². The van der Waals surface area contributed by atoms with Gasteiger partial charge in [0, 0.05) is 17.7 Å². The number of hydrogen-bond acceptors (Lipinski definition) is 5. The van der Waals surface area contributed by atoms with E-state index in [1.807, 2.05) is 24.3 Å². The molecule has 0 radical (unpaired) electrons. The first kappa shape index (κ1) is 18.3. The molecular weight excluding hydrogens is 346 g/mol. The van der Waals surface area contributed by atoms with Crippen LogP contribution in [0.4, 0.5) is 5.69 Å². The number of ketones is 1. The molecule has 6 nitrogen and oxygen atoms in total. The zero-order valence-electron chi connectivity index (χ0n) is 14.9. The standard InChI is InChI=1S/C21H19NO5/c1-3-10-25-16-7-4-15(5-8-16)6-9-21(24)22-18-12-20-19(26-13-27-20)11-17(18)14(2)23/h3-9,11-12H,1,10,13H2,2H3,(H,22,24)/b9-6+. The zero-order valence-corrected chi connectivity index (χ0v) is 14.9. The van der Waals surface area contributed by atoms with Gasteiger partial charge in [0.2, 0.25) is 12.7 Å². The van der Waals surface area contributed by atoms with Gasteiger partial charge in [-0.2, -0.15) is 0 Å². The van der Waals surface area contributed by atoms with Gasteiger partial charge in [0.15, 0.2) is 17.3 Å². The number of hydrogen-bond donors (Lipinski definition) is 1. The molecule has 6 heteroatoms. The summed E-state index contributed by atoms with van der Waals surface area (Å²) in [7, 11) is 0. The molecule has 0 bridgehead atoms. The van der Waals surface area contributed by atoms with Crippen LogP contribution in [0.1, 0.15) is 22.8 Å². The van der Waals surface area contributed by atoms with E-state index in [0.717, 1.165) is 11.3 Å². The van der Waals surface area contributed by atoms with Crippen LogP contribution in [0.5, 0.6) is 17.2 Å². The lowest BCUT2D eigenvalue weighted by Crippen LogP contribution is -2.11. The lowest BCUT2D eigenvalue weighted by Gasteiger charge is -2.09. The summed E-state index contributed by atoms with van der Waals surface area (Å²) in [5, 5.41) is 2.71. The minimum Gasteiger partial charge on any atom is -0.490 e. The molecule has 2 aromatic rings. The van der Waals surface area contributed by atoms with Gasteiger partial charge >= 0.3 is 0 Å². The molecule has 0 unspecified atom stereocenters. The van der Waals surface area contributed by atoms with Crippen LogP contribution < -0.4 is 19.5 Å². The van der Waals surface area contributed by atoms with Gasteiger partial charge in [-0.15, -0.1) is 0 Å². The Morgan fingerprint density at radius 1 is 1.19 bits per heavy atom. The summed E-state index contributed by atoms with van der Waals surface area (Å²) in [5.41, 5.74) is 1.59. The van der Waals surface area contributed by atoms with Gasteiger partial charge in [-0.3, -0.25) is 9.59 Å². The lowest BCUT2D eigenvalue weighted by atomic mass is 10.1. The second-order valence-corrected chi connectivity index (χ2v) is 5.80. The molecule has 0 aliphatic carbocycles. The van der Waals surface area contributed by atoms with Crippen molar-refractivity contribution in [1.82, 2.24) is 0 Å². The predicted octanol–water partition coefficient (Wildman–Crippen LogP) is 3.83. The van der Waals surface area contributed by atoms with Crippen LogP contribution in [0.3, 0.4) is 0 Å². The third kappa shape index (κ3) is 4.55. The number of ether oxygens (including phenoxy) is 3. The molecule has 1 amide bonds. The fraction of sp³-hybridized carbons (Fsp3) is 0.143. The van der Waals surface area contributed by atoms with E-state index in [-0.39, 0.29) is 18.5 Å². The fourth-order valence-electron chi connectivity index (χ4n) is 2.51. The third-order valence-electron chi connectivity index (χ3n) is 3.83. The minimum absolute atomic E-state index is 0.0937. The Bertz CT molecular complexity index is 900. The monoisotopic (exact) mass is 365 g/mol. The van der Waals surface area contributed by atoms with E-state index >= 15 is 0 Å². The summed E-state index contributed by atoms with van der Waals surface area (Å²) in [4.78, 5) is 24.1. The Labute approximate surface area is 157 Å². The van der Waals surface area contributed by atoms with Crippen LogP contribution in [0.25, 0.3) is 6.08 Å². The molecule has 0 saturated heterocycles. The number of carbonyl (C=O) groups excluding carboxylic acids is 2. The fourth-order valence-corrected chi connectivity index (χ4v) is 2.51. The summed E-state index contributed by atoms with van der Waals surface area (Å²) < 4.78 is 16.0. The maximum Gasteiger partial charge on any atom is 0.248 e. The molecule has 1 aliphatic rings. The van der Waals surface area contributed by atoms with Crippen LogP contribution in [0.2, 0.25) is 0 Å². The van der Waals surface area contributed by atoms with Crippen molar-refractivity contribution in [2.24, 2.45) is 0 Å². The van der Waals surface area contributed by atoms with Gasteiger partial charge in [-0.25, -0.2) is 0 Å². The zero-order chi connectivity index (χ0) is 19.2. The lowest BCUT2D eigenvalue weighted by molar-refractivity contribution is -0.111. The SMILES string of the molecule is C=CCOc1ccc(/C=C/C(=O)Nc2cc3c(cc2C(C)=O)OCO3)cc1. The Kier molecular flexibility index (Phi) is 5.56. The van der Waals surface area contributed by atoms with Crippen LogP contribution in [-0.2, 0) is 4.79 Å². The molecule has 2 aromatic carbocycles. The van der Waals surface area contributed by atoms with Crippen LogP contribution in [0.15, 0.2) is 55.1 Å². The summed E-state index contributed by atoms with van der Waals surface area (Å²) in [6.45, 7) is 5.56. The van der Waals surface area contributed by atoms with Crippen molar-refractivity contribution in [3.05, 3.63) is 66.3 Å². The van der Waals surface area contributed by atoms with Gasteiger partial charge in [-0.1, -0.05) is 24.8 Å². The molecule has 0 saturated carbocycles. The maximum absolute atomic E-state index is 12.3. The molecule has 0 spiro atoms. The molecular formula is C21H19NO5. The highest BCUT2D eigenvalue weighted by Crippen LogP contribution is 2.37. The Hall–Kier alpha value is -3.54. The van der Waals surface area contributed by atoms with Gasteiger partial charge in [0.25, 0.3) is 0 Å². The highest BCUT2D eigenvalue weighted by molar-refractivity contribution is 6.08. The molecule has 3 rings (SSSR count). The number of carbonyl (C=O) groups is 2. The van der Waals surface area contributed by atoms with Crippen molar-refractivity contribution in [2.45, 2.75) is 6.92 Å². The van der Waals surface area contributed by atoms with E-state index in [4.69, 9.17) is 14.2 Å². The molecule has 1 aliphatic heterocycles. The number of rotatable bonds is 7. The first-order valence-corrected chi connectivity index (χ1v) is 8.34. The van der Waals surface area contributed by atoms with Crippen LogP contribution >= 0.6 is 0 Å². The van der Waals surface area contributed by atoms with E-state index in [1.165, 1.54) is 13.0 Å². The molecule has 1 N–H and O–H groups in total. The number of nitrogens with one attached hydrogen (secondary N) is 1. The smallest absolute Gasteiger partial charge is 0.248 e. The van der Waals surface area contributed by atoms with Crippen molar-refractivity contribution in [1.29, 1.82) is 0 Å². The quantitative estimate of drug-likeness (QED) is 0.458.